The van der Waals surface area contributed by atoms with Crippen molar-refractivity contribution < 1.29 is 4.79 Å². The lowest BCUT2D eigenvalue weighted by molar-refractivity contribution is -0.138. The summed E-state index contributed by atoms with van der Waals surface area (Å²) in [5.41, 5.74) is 3.47. The van der Waals surface area contributed by atoms with E-state index in [1.54, 1.807) is 4.57 Å². The third kappa shape index (κ3) is 5.24. The molecule has 0 spiro atoms. The Morgan fingerprint density at radius 3 is 2.47 bits per heavy atom. The second-order valence-electron chi connectivity index (χ2n) is 9.37. The quantitative estimate of drug-likeness (QED) is 0.345. The molecule has 0 fully saturated rings. The van der Waals surface area contributed by atoms with Crippen molar-refractivity contribution in [3.05, 3.63) is 69.8 Å². The van der Waals surface area contributed by atoms with Crippen LogP contribution in [-0.2, 0) is 4.79 Å². The lowest BCUT2D eigenvalue weighted by atomic mass is 9.96. The van der Waals surface area contributed by atoms with Gasteiger partial charge in [0.25, 0.3) is 5.56 Å². The number of unbranched alkanes of at least 4 members (excludes halogenated alkanes) is 1. The number of fused-ring (bicyclic) bond motifs is 1. The van der Waals surface area contributed by atoms with E-state index >= 15 is 0 Å². The number of amides is 1. The summed E-state index contributed by atoms with van der Waals surface area (Å²) >= 11 is 0. The number of para-hydroxylation sites is 1. The van der Waals surface area contributed by atoms with Gasteiger partial charge in [-0.25, -0.2) is 4.98 Å². The maximum absolute atomic E-state index is 13.8. The van der Waals surface area contributed by atoms with Crippen molar-refractivity contribution in [2.24, 2.45) is 5.92 Å². The zero-order valence-corrected chi connectivity index (χ0v) is 21.6. The molecule has 2 atom stereocenters. The molecule has 5 nitrogen and oxygen atoms in total. The highest BCUT2D eigenvalue weighted by Crippen LogP contribution is 2.28. The zero-order chi connectivity index (χ0) is 24.8. The van der Waals surface area contributed by atoms with E-state index in [1.165, 1.54) is 0 Å². The number of carbonyl (C=O) groups is 1. The number of benzene rings is 2. The number of nitrogens with zero attached hydrogens (tertiary/aromatic N) is 3. The summed E-state index contributed by atoms with van der Waals surface area (Å²) in [6.07, 6.45) is 4.68. The van der Waals surface area contributed by atoms with E-state index in [2.05, 4.69) is 20.8 Å². The largest absolute Gasteiger partial charge is 0.333 e. The Balaban J connectivity index is 2.22. The molecule has 0 bridgehead atoms. The molecule has 1 aromatic heterocycles. The first-order chi connectivity index (χ1) is 16.3. The van der Waals surface area contributed by atoms with E-state index in [-0.39, 0.29) is 23.4 Å². The Kier molecular flexibility index (Phi) is 8.65. The van der Waals surface area contributed by atoms with Gasteiger partial charge in [-0.1, -0.05) is 57.9 Å². The van der Waals surface area contributed by atoms with E-state index in [9.17, 15) is 9.59 Å². The molecule has 5 heteroatoms. The van der Waals surface area contributed by atoms with E-state index in [4.69, 9.17) is 4.98 Å². The maximum Gasteiger partial charge on any atom is 0.266 e. The van der Waals surface area contributed by atoms with Gasteiger partial charge in [-0.2, -0.15) is 0 Å². The van der Waals surface area contributed by atoms with Crippen LogP contribution in [0.1, 0.15) is 82.8 Å². The Morgan fingerprint density at radius 1 is 1.06 bits per heavy atom. The summed E-state index contributed by atoms with van der Waals surface area (Å²) in [6, 6.07) is 13.3. The number of aromatic nitrogens is 2. The molecule has 0 N–H and O–H groups in total. The molecule has 34 heavy (non-hydrogen) atoms. The summed E-state index contributed by atoms with van der Waals surface area (Å²) in [5, 5.41) is 0.585. The van der Waals surface area contributed by atoms with E-state index < -0.39 is 0 Å². The van der Waals surface area contributed by atoms with E-state index in [0.717, 1.165) is 48.9 Å². The molecule has 0 aliphatic rings. The highest BCUT2D eigenvalue weighted by atomic mass is 16.2. The Labute approximate surface area is 203 Å². The third-order valence-corrected chi connectivity index (χ3v) is 6.74. The SMILES string of the molecule is CCCCC(CC)C(=O)N(CCC)C(C)c1nc2ccccc2c(=O)n1-c1cc(C)ccc1C. The van der Waals surface area contributed by atoms with Gasteiger partial charge in [-0.3, -0.25) is 14.2 Å². The summed E-state index contributed by atoms with van der Waals surface area (Å²) in [6.45, 7) is 13.0. The fourth-order valence-electron chi connectivity index (χ4n) is 4.69. The summed E-state index contributed by atoms with van der Waals surface area (Å²) in [4.78, 5) is 34.5. The standard InChI is InChI=1S/C29H39N3O2/c1-7-10-13-23(9-3)28(33)31(18-8-2)22(6)27-30-25-15-12-11-14-24(25)29(34)32(27)26-19-20(4)16-17-21(26)5/h11-12,14-17,19,22-23H,7-10,13,18H2,1-6H3. The molecular formula is C29H39N3O2. The summed E-state index contributed by atoms with van der Waals surface area (Å²) in [5.74, 6) is 0.778. The minimum atomic E-state index is -0.333. The second-order valence-corrected chi connectivity index (χ2v) is 9.37. The molecule has 0 saturated heterocycles. The molecule has 2 aromatic carbocycles. The molecule has 3 rings (SSSR count). The zero-order valence-electron chi connectivity index (χ0n) is 21.6. The van der Waals surface area contributed by atoms with Crippen molar-refractivity contribution in [2.45, 2.75) is 79.7 Å². The third-order valence-electron chi connectivity index (χ3n) is 6.74. The number of rotatable bonds is 10. The number of hydrogen-bond donors (Lipinski definition) is 0. The maximum atomic E-state index is 13.8. The van der Waals surface area contributed by atoms with Crippen LogP contribution in [0, 0.1) is 19.8 Å². The predicted molar refractivity (Wildman–Crippen MR) is 141 cm³/mol. The molecule has 2 unspecified atom stereocenters. The normalized spacial score (nSPS) is 13.1. The van der Waals surface area contributed by atoms with E-state index in [0.29, 0.717) is 23.3 Å². The topological polar surface area (TPSA) is 55.2 Å². The molecular weight excluding hydrogens is 422 g/mol. The fourth-order valence-corrected chi connectivity index (χ4v) is 4.69. The number of carbonyl (C=O) groups excluding carboxylic acids is 1. The van der Waals surface area contributed by atoms with Crippen LogP contribution in [0.3, 0.4) is 0 Å². The van der Waals surface area contributed by atoms with Crippen LogP contribution in [0.2, 0.25) is 0 Å². The molecule has 0 aliphatic carbocycles. The van der Waals surface area contributed by atoms with Crippen LogP contribution in [0.4, 0.5) is 0 Å². The van der Waals surface area contributed by atoms with Crippen molar-refractivity contribution in [1.29, 1.82) is 0 Å². The van der Waals surface area contributed by atoms with Crippen molar-refractivity contribution in [3.63, 3.8) is 0 Å². The van der Waals surface area contributed by atoms with Crippen molar-refractivity contribution >= 4 is 16.8 Å². The van der Waals surface area contributed by atoms with Gasteiger partial charge in [0.05, 0.1) is 22.6 Å². The van der Waals surface area contributed by atoms with Gasteiger partial charge < -0.3 is 4.90 Å². The smallest absolute Gasteiger partial charge is 0.266 e. The average molecular weight is 462 g/mol. The van der Waals surface area contributed by atoms with E-state index in [1.807, 2.05) is 68.1 Å². The van der Waals surface area contributed by atoms with Crippen LogP contribution in [-0.4, -0.2) is 26.9 Å². The second kappa shape index (κ2) is 11.5. The van der Waals surface area contributed by atoms with Gasteiger partial charge in [-0.15, -0.1) is 0 Å². The van der Waals surface area contributed by atoms with Gasteiger partial charge in [0.15, 0.2) is 0 Å². The summed E-state index contributed by atoms with van der Waals surface area (Å²) in [7, 11) is 0. The fraction of sp³-hybridized carbons (Fsp3) is 0.483. The monoisotopic (exact) mass is 461 g/mol. The average Bonchev–Trinajstić information content (AvgIpc) is 2.84. The lowest BCUT2D eigenvalue weighted by Crippen LogP contribution is -2.41. The molecule has 0 aliphatic heterocycles. The van der Waals surface area contributed by atoms with Gasteiger partial charge >= 0.3 is 0 Å². The highest BCUT2D eigenvalue weighted by Gasteiger charge is 2.30. The molecule has 1 heterocycles. The first-order valence-electron chi connectivity index (χ1n) is 12.7. The first kappa shape index (κ1) is 25.7. The van der Waals surface area contributed by atoms with Gasteiger partial charge in [0, 0.05) is 12.5 Å². The Hall–Kier alpha value is -2.95. The highest BCUT2D eigenvalue weighted by molar-refractivity contribution is 5.80. The Bertz CT molecular complexity index is 1200. The first-order valence-corrected chi connectivity index (χ1v) is 12.7. The lowest BCUT2D eigenvalue weighted by Gasteiger charge is -2.33. The van der Waals surface area contributed by atoms with Crippen LogP contribution in [0.5, 0.6) is 0 Å². The van der Waals surface area contributed by atoms with Gasteiger partial charge in [0.2, 0.25) is 5.91 Å². The molecule has 1 amide bonds. The predicted octanol–water partition coefficient (Wildman–Crippen LogP) is 6.52. The molecule has 3 aromatic rings. The molecule has 0 saturated carbocycles. The number of aryl methyl sites for hydroxylation is 2. The minimum absolute atomic E-state index is 0.00437. The van der Waals surface area contributed by atoms with Crippen molar-refractivity contribution in [3.8, 4) is 5.69 Å². The van der Waals surface area contributed by atoms with Crippen LogP contribution in [0.25, 0.3) is 16.6 Å². The van der Waals surface area contributed by atoms with Crippen LogP contribution >= 0.6 is 0 Å². The summed E-state index contributed by atoms with van der Waals surface area (Å²) < 4.78 is 1.73. The van der Waals surface area contributed by atoms with Crippen molar-refractivity contribution in [2.75, 3.05) is 6.54 Å². The number of hydrogen-bond acceptors (Lipinski definition) is 3. The van der Waals surface area contributed by atoms with Gasteiger partial charge in [0.1, 0.15) is 5.82 Å². The molecule has 0 radical (unpaired) electrons. The molecule has 182 valence electrons. The van der Waals surface area contributed by atoms with Crippen molar-refractivity contribution in [1.82, 2.24) is 14.5 Å². The van der Waals surface area contributed by atoms with Crippen LogP contribution < -0.4 is 5.56 Å². The van der Waals surface area contributed by atoms with Gasteiger partial charge in [-0.05, 0) is 69.4 Å². The van der Waals surface area contributed by atoms with Crippen LogP contribution in [0.15, 0.2) is 47.3 Å². The Morgan fingerprint density at radius 2 is 1.79 bits per heavy atom. The minimum Gasteiger partial charge on any atom is -0.333 e.